The summed E-state index contributed by atoms with van der Waals surface area (Å²) in [6.45, 7) is 9.77. The Morgan fingerprint density at radius 3 is 2.42 bits per heavy atom. The zero-order valence-electron chi connectivity index (χ0n) is 21.0. The summed E-state index contributed by atoms with van der Waals surface area (Å²) in [5.74, 6) is 1.87. The van der Waals surface area contributed by atoms with E-state index in [0.717, 1.165) is 28.2 Å². The molecule has 0 aliphatic rings. The fraction of sp³-hybridized carbons (Fsp3) is 0.296. The quantitative estimate of drug-likeness (QED) is 0.324. The number of hydrogen-bond acceptors (Lipinski definition) is 6. The van der Waals surface area contributed by atoms with Gasteiger partial charge in [-0.15, -0.1) is 0 Å². The number of amides is 1. The molecule has 9 heteroatoms. The SMILES string of the molecule is CCOc1ccc(Cn2cc(NC(=O)c3ccn(COc4cc(C)cc(C)c4)n3)cn2)cc1OCC. The van der Waals surface area contributed by atoms with Gasteiger partial charge in [-0.25, -0.2) is 4.68 Å². The Kier molecular flexibility index (Phi) is 7.89. The van der Waals surface area contributed by atoms with Crippen LogP contribution in [-0.4, -0.2) is 38.7 Å². The summed E-state index contributed by atoms with van der Waals surface area (Å²) in [5, 5.41) is 11.5. The average Bonchev–Trinajstić information content (AvgIpc) is 3.49. The Labute approximate surface area is 210 Å². The molecule has 2 aromatic carbocycles. The number of aromatic nitrogens is 4. The fourth-order valence-corrected chi connectivity index (χ4v) is 3.80. The predicted molar refractivity (Wildman–Crippen MR) is 137 cm³/mol. The van der Waals surface area contributed by atoms with E-state index in [1.807, 2.05) is 58.0 Å². The number of nitrogens with one attached hydrogen (secondary N) is 1. The molecule has 4 rings (SSSR count). The summed E-state index contributed by atoms with van der Waals surface area (Å²) in [4.78, 5) is 12.7. The van der Waals surface area contributed by atoms with Crippen LogP contribution in [0.5, 0.6) is 17.2 Å². The van der Waals surface area contributed by atoms with Crippen LogP contribution in [0.3, 0.4) is 0 Å². The van der Waals surface area contributed by atoms with Gasteiger partial charge in [0.25, 0.3) is 5.91 Å². The molecule has 0 radical (unpaired) electrons. The molecular weight excluding hydrogens is 458 g/mol. The summed E-state index contributed by atoms with van der Waals surface area (Å²) in [6, 6.07) is 13.5. The lowest BCUT2D eigenvalue weighted by Gasteiger charge is -2.12. The van der Waals surface area contributed by atoms with Gasteiger partial charge in [0.1, 0.15) is 5.75 Å². The summed E-state index contributed by atoms with van der Waals surface area (Å²) >= 11 is 0. The van der Waals surface area contributed by atoms with Crippen molar-refractivity contribution in [1.82, 2.24) is 19.6 Å². The van der Waals surface area contributed by atoms with Crippen LogP contribution in [0.4, 0.5) is 5.69 Å². The molecule has 1 N–H and O–H groups in total. The lowest BCUT2D eigenvalue weighted by molar-refractivity contribution is 0.102. The van der Waals surface area contributed by atoms with Gasteiger partial charge in [0, 0.05) is 12.4 Å². The topological polar surface area (TPSA) is 92.4 Å². The van der Waals surface area contributed by atoms with E-state index in [0.29, 0.717) is 36.9 Å². The minimum Gasteiger partial charge on any atom is -0.490 e. The fourth-order valence-electron chi connectivity index (χ4n) is 3.80. The highest BCUT2D eigenvalue weighted by Gasteiger charge is 2.12. The van der Waals surface area contributed by atoms with E-state index >= 15 is 0 Å². The molecule has 0 unspecified atom stereocenters. The maximum absolute atomic E-state index is 12.7. The van der Waals surface area contributed by atoms with Crippen molar-refractivity contribution in [3.8, 4) is 17.2 Å². The Morgan fingerprint density at radius 1 is 0.917 bits per heavy atom. The number of carbonyl (C=O) groups is 1. The lowest BCUT2D eigenvalue weighted by Crippen LogP contribution is -2.14. The van der Waals surface area contributed by atoms with Gasteiger partial charge in [-0.05, 0) is 74.7 Å². The number of carbonyl (C=O) groups excluding carboxylic acids is 1. The van der Waals surface area contributed by atoms with Crippen LogP contribution in [-0.2, 0) is 13.3 Å². The van der Waals surface area contributed by atoms with E-state index < -0.39 is 0 Å². The second-order valence-electron chi connectivity index (χ2n) is 8.37. The first-order valence-corrected chi connectivity index (χ1v) is 11.9. The summed E-state index contributed by atoms with van der Waals surface area (Å²) in [5.41, 5.74) is 4.13. The van der Waals surface area contributed by atoms with E-state index in [4.69, 9.17) is 14.2 Å². The van der Waals surface area contributed by atoms with Crippen molar-refractivity contribution >= 4 is 11.6 Å². The van der Waals surface area contributed by atoms with Crippen molar-refractivity contribution in [2.75, 3.05) is 18.5 Å². The van der Waals surface area contributed by atoms with E-state index in [9.17, 15) is 4.79 Å². The highest BCUT2D eigenvalue weighted by atomic mass is 16.5. The van der Waals surface area contributed by atoms with Crippen LogP contribution in [0.15, 0.2) is 61.1 Å². The monoisotopic (exact) mass is 489 g/mol. The minimum absolute atomic E-state index is 0.208. The number of hydrogen-bond donors (Lipinski definition) is 1. The molecule has 188 valence electrons. The Balaban J connectivity index is 1.34. The molecule has 1 amide bonds. The summed E-state index contributed by atoms with van der Waals surface area (Å²) in [6.07, 6.45) is 5.09. The Hall–Kier alpha value is -4.27. The molecule has 2 heterocycles. The number of aryl methyl sites for hydroxylation is 2. The number of benzene rings is 2. The molecule has 4 aromatic rings. The molecule has 0 saturated carbocycles. The van der Waals surface area contributed by atoms with Gasteiger partial charge < -0.3 is 19.5 Å². The zero-order chi connectivity index (χ0) is 25.5. The molecular formula is C27H31N5O4. The van der Waals surface area contributed by atoms with Crippen molar-refractivity contribution in [2.24, 2.45) is 0 Å². The largest absolute Gasteiger partial charge is 0.490 e. The number of rotatable bonds is 11. The second kappa shape index (κ2) is 11.4. The maximum Gasteiger partial charge on any atom is 0.276 e. The van der Waals surface area contributed by atoms with Crippen molar-refractivity contribution < 1.29 is 19.0 Å². The first kappa shape index (κ1) is 24.8. The van der Waals surface area contributed by atoms with Crippen molar-refractivity contribution in [1.29, 1.82) is 0 Å². The lowest BCUT2D eigenvalue weighted by atomic mass is 10.1. The molecule has 0 aliphatic heterocycles. The van der Waals surface area contributed by atoms with Crippen LogP contribution in [0.2, 0.25) is 0 Å². The van der Waals surface area contributed by atoms with Gasteiger partial charge in [-0.3, -0.25) is 9.48 Å². The first-order chi connectivity index (χ1) is 17.4. The predicted octanol–water partition coefficient (Wildman–Crippen LogP) is 4.83. The molecule has 0 atom stereocenters. The number of ether oxygens (including phenoxy) is 3. The normalized spacial score (nSPS) is 10.8. The van der Waals surface area contributed by atoms with Crippen molar-refractivity contribution in [2.45, 2.75) is 41.0 Å². The highest BCUT2D eigenvalue weighted by Crippen LogP contribution is 2.29. The third kappa shape index (κ3) is 6.44. The van der Waals surface area contributed by atoms with Gasteiger partial charge in [-0.1, -0.05) is 12.1 Å². The van der Waals surface area contributed by atoms with Crippen LogP contribution in [0.1, 0.15) is 41.0 Å². The molecule has 36 heavy (non-hydrogen) atoms. The standard InChI is InChI=1S/C27H31N5O4/c1-5-34-25-8-7-21(14-26(25)35-6-2)16-32-17-22(15-28-32)29-27(33)24-9-10-31(30-24)18-36-23-12-19(3)11-20(4)13-23/h7-15,17H,5-6,16,18H2,1-4H3,(H,29,33). The van der Waals surface area contributed by atoms with E-state index in [1.165, 1.54) is 0 Å². The molecule has 0 fully saturated rings. The van der Waals surface area contributed by atoms with E-state index in [-0.39, 0.29) is 12.6 Å². The summed E-state index contributed by atoms with van der Waals surface area (Å²) in [7, 11) is 0. The average molecular weight is 490 g/mol. The Morgan fingerprint density at radius 2 is 1.67 bits per heavy atom. The van der Waals surface area contributed by atoms with E-state index in [2.05, 4.69) is 21.6 Å². The highest BCUT2D eigenvalue weighted by molar-refractivity contribution is 6.02. The second-order valence-corrected chi connectivity index (χ2v) is 8.37. The van der Waals surface area contributed by atoms with Gasteiger partial charge in [0.05, 0.1) is 31.6 Å². The maximum atomic E-state index is 12.7. The van der Waals surface area contributed by atoms with Crippen LogP contribution in [0, 0.1) is 13.8 Å². The van der Waals surface area contributed by atoms with Crippen LogP contribution < -0.4 is 19.5 Å². The third-order valence-electron chi connectivity index (χ3n) is 5.28. The van der Waals surface area contributed by atoms with Crippen LogP contribution in [0.25, 0.3) is 0 Å². The van der Waals surface area contributed by atoms with Crippen molar-refractivity contribution in [3.05, 3.63) is 83.4 Å². The third-order valence-corrected chi connectivity index (χ3v) is 5.28. The van der Waals surface area contributed by atoms with Crippen molar-refractivity contribution in [3.63, 3.8) is 0 Å². The summed E-state index contributed by atoms with van der Waals surface area (Å²) < 4.78 is 20.5. The first-order valence-electron chi connectivity index (χ1n) is 11.9. The molecule has 0 spiro atoms. The zero-order valence-corrected chi connectivity index (χ0v) is 21.0. The molecule has 9 nitrogen and oxygen atoms in total. The van der Waals surface area contributed by atoms with Gasteiger partial charge in [-0.2, -0.15) is 10.2 Å². The van der Waals surface area contributed by atoms with Crippen LogP contribution >= 0.6 is 0 Å². The smallest absolute Gasteiger partial charge is 0.276 e. The molecule has 0 aliphatic carbocycles. The van der Waals surface area contributed by atoms with E-state index in [1.54, 1.807) is 34.0 Å². The number of nitrogens with zero attached hydrogens (tertiary/aromatic N) is 4. The molecule has 2 aromatic heterocycles. The molecule has 0 saturated heterocycles. The van der Waals surface area contributed by atoms with Gasteiger partial charge in [0.15, 0.2) is 23.9 Å². The number of anilines is 1. The van der Waals surface area contributed by atoms with Gasteiger partial charge in [0.2, 0.25) is 0 Å². The van der Waals surface area contributed by atoms with Gasteiger partial charge >= 0.3 is 0 Å². The Bertz CT molecular complexity index is 1310. The minimum atomic E-state index is -0.320. The molecule has 0 bridgehead atoms.